The minimum absolute atomic E-state index is 0.178. The molecule has 1 aliphatic rings. The van der Waals surface area contributed by atoms with Gasteiger partial charge >= 0.3 is 0 Å². The van der Waals surface area contributed by atoms with E-state index in [-0.39, 0.29) is 5.91 Å². The average molecular weight is 428 g/mol. The van der Waals surface area contributed by atoms with Crippen molar-refractivity contribution in [2.45, 2.75) is 24.9 Å². The molecule has 6 heteroatoms. The summed E-state index contributed by atoms with van der Waals surface area (Å²) in [5.41, 5.74) is 3.65. The van der Waals surface area contributed by atoms with Crippen molar-refractivity contribution in [3.8, 4) is 5.75 Å². The van der Waals surface area contributed by atoms with Crippen LogP contribution in [0.15, 0.2) is 47.4 Å². The molecular weight excluding hydrogens is 394 g/mol. The Labute approximate surface area is 185 Å². The van der Waals surface area contributed by atoms with Gasteiger partial charge in [0.05, 0.1) is 13.7 Å². The molecule has 0 aliphatic carbocycles. The van der Waals surface area contributed by atoms with E-state index in [0.29, 0.717) is 13.1 Å². The first kappa shape index (κ1) is 22.7. The zero-order valence-electron chi connectivity index (χ0n) is 18.6. The fraction of sp³-hybridized carbons (Fsp3) is 0.458. The minimum atomic E-state index is 0.178. The van der Waals surface area contributed by atoms with Crippen molar-refractivity contribution in [2.75, 3.05) is 53.1 Å². The Balaban J connectivity index is 1.45. The van der Waals surface area contributed by atoms with Gasteiger partial charge in [-0.1, -0.05) is 29.8 Å². The Morgan fingerprint density at radius 3 is 2.37 bits per heavy atom. The van der Waals surface area contributed by atoms with Crippen molar-refractivity contribution >= 4 is 17.7 Å². The summed E-state index contributed by atoms with van der Waals surface area (Å²) in [5.74, 6) is 1.13. The Morgan fingerprint density at radius 2 is 1.73 bits per heavy atom. The van der Waals surface area contributed by atoms with Crippen LogP contribution in [0.3, 0.4) is 0 Å². The number of amides is 1. The highest BCUT2D eigenvalue weighted by Gasteiger charge is 2.21. The fourth-order valence-electron chi connectivity index (χ4n) is 3.78. The molecule has 0 unspecified atom stereocenters. The molecule has 1 saturated heterocycles. The van der Waals surface area contributed by atoms with Gasteiger partial charge in [-0.3, -0.25) is 14.6 Å². The molecule has 0 bridgehead atoms. The molecule has 0 atom stereocenters. The third-order valence-electron chi connectivity index (χ3n) is 5.66. The van der Waals surface area contributed by atoms with E-state index in [1.165, 1.54) is 21.6 Å². The lowest BCUT2D eigenvalue weighted by atomic mass is 10.1. The quantitative estimate of drug-likeness (QED) is 0.603. The van der Waals surface area contributed by atoms with Gasteiger partial charge in [0.1, 0.15) is 5.75 Å². The third-order valence-corrected chi connectivity index (χ3v) is 6.40. The number of hydrogen-bond acceptors (Lipinski definition) is 5. The zero-order valence-corrected chi connectivity index (χ0v) is 19.4. The normalized spacial score (nSPS) is 15.2. The number of methoxy groups -OCH3 is 1. The van der Waals surface area contributed by atoms with Crippen molar-refractivity contribution in [3.63, 3.8) is 0 Å². The van der Waals surface area contributed by atoms with Gasteiger partial charge in [-0.25, -0.2) is 0 Å². The van der Waals surface area contributed by atoms with Crippen LogP contribution in [0.5, 0.6) is 5.75 Å². The number of nitrogens with zero attached hydrogens (tertiary/aromatic N) is 3. The maximum absolute atomic E-state index is 12.7. The Hall–Kier alpha value is -2.02. The molecule has 0 N–H and O–H groups in total. The number of hydrogen-bond donors (Lipinski definition) is 0. The second-order valence-corrected chi connectivity index (χ2v) is 8.85. The number of thioether (sulfide) groups is 1. The van der Waals surface area contributed by atoms with Crippen LogP contribution in [0.2, 0.25) is 0 Å². The summed E-state index contributed by atoms with van der Waals surface area (Å²) in [7, 11) is 3.62. The lowest BCUT2D eigenvalue weighted by molar-refractivity contribution is -0.132. The van der Waals surface area contributed by atoms with Crippen molar-refractivity contribution in [2.24, 2.45) is 0 Å². The summed E-state index contributed by atoms with van der Waals surface area (Å²) in [6.07, 6.45) is 2.07. The van der Waals surface area contributed by atoms with Gasteiger partial charge in [-0.05, 0) is 36.9 Å². The molecule has 0 saturated carbocycles. The summed E-state index contributed by atoms with van der Waals surface area (Å²) in [5, 5.41) is 0. The molecule has 162 valence electrons. The first-order valence-corrected chi connectivity index (χ1v) is 11.7. The van der Waals surface area contributed by atoms with E-state index in [1.54, 1.807) is 18.9 Å². The summed E-state index contributed by atoms with van der Waals surface area (Å²) < 4.78 is 5.52. The molecule has 1 heterocycles. The molecule has 1 aliphatic heterocycles. The number of carbonyl (C=O) groups is 1. The topological polar surface area (TPSA) is 36.0 Å². The van der Waals surface area contributed by atoms with Gasteiger partial charge in [-0.2, -0.15) is 0 Å². The number of piperazine rings is 1. The molecule has 2 aromatic carbocycles. The molecular formula is C24H33N3O2S. The highest BCUT2D eigenvalue weighted by Crippen LogP contribution is 2.22. The monoisotopic (exact) mass is 427 g/mol. The molecule has 0 aromatic heterocycles. The molecule has 0 spiro atoms. The highest BCUT2D eigenvalue weighted by atomic mass is 32.2. The predicted octanol–water partition coefficient (Wildman–Crippen LogP) is 3.50. The van der Waals surface area contributed by atoms with Crippen molar-refractivity contribution < 1.29 is 9.53 Å². The Morgan fingerprint density at radius 1 is 1.07 bits per heavy atom. The van der Waals surface area contributed by atoms with Crippen LogP contribution in [0.1, 0.15) is 16.7 Å². The second-order valence-electron chi connectivity index (χ2n) is 7.97. The predicted molar refractivity (Wildman–Crippen MR) is 124 cm³/mol. The van der Waals surface area contributed by atoms with Gasteiger partial charge in [-0.15, -0.1) is 11.8 Å². The fourth-order valence-corrected chi connectivity index (χ4v) is 4.19. The summed E-state index contributed by atoms with van der Waals surface area (Å²) >= 11 is 1.73. The molecule has 0 radical (unpaired) electrons. The van der Waals surface area contributed by atoms with E-state index >= 15 is 0 Å². The van der Waals surface area contributed by atoms with E-state index in [4.69, 9.17) is 4.74 Å². The maximum atomic E-state index is 12.7. The van der Waals surface area contributed by atoms with Gasteiger partial charge in [0, 0.05) is 56.8 Å². The van der Waals surface area contributed by atoms with Gasteiger partial charge in [0.2, 0.25) is 5.91 Å². The van der Waals surface area contributed by atoms with Gasteiger partial charge < -0.3 is 9.64 Å². The lowest BCUT2D eigenvalue weighted by Crippen LogP contribution is -2.49. The van der Waals surface area contributed by atoms with Crippen LogP contribution in [0.25, 0.3) is 0 Å². The zero-order chi connectivity index (χ0) is 21.5. The maximum Gasteiger partial charge on any atom is 0.236 e. The molecule has 1 fully saturated rings. The number of aryl methyl sites for hydroxylation is 1. The minimum Gasteiger partial charge on any atom is -0.496 e. The molecule has 3 rings (SSSR count). The smallest absolute Gasteiger partial charge is 0.236 e. The van der Waals surface area contributed by atoms with E-state index in [1.807, 2.05) is 18.0 Å². The van der Waals surface area contributed by atoms with Gasteiger partial charge in [0.15, 0.2) is 0 Å². The average Bonchev–Trinajstić information content (AvgIpc) is 2.76. The molecule has 1 amide bonds. The van der Waals surface area contributed by atoms with Crippen molar-refractivity contribution in [1.82, 2.24) is 14.7 Å². The van der Waals surface area contributed by atoms with Crippen molar-refractivity contribution in [1.29, 1.82) is 0 Å². The number of likely N-dealkylation sites (N-methyl/N-ethyl adjacent to an activating group) is 1. The summed E-state index contributed by atoms with van der Waals surface area (Å²) in [4.78, 5) is 20.5. The Bertz CT molecular complexity index is 833. The van der Waals surface area contributed by atoms with Crippen LogP contribution in [0, 0.1) is 6.92 Å². The number of carbonyl (C=O) groups excluding carboxylic acids is 1. The van der Waals surface area contributed by atoms with Crippen LogP contribution in [-0.4, -0.2) is 73.7 Å². The second kappa shape index (κ2) is 10.8. The van der Waals surface area contributed by atoms with Crippen LogP contribution >= 0.6 is 11.8 Å². The third kappa shape index (κ3) is 6.24. The molecule has 30 heavy (non-hydrogen) atoms. The van der Waals surface area contributed by atoms with E-state index < -0.39 is 0 Å². The first-order chi connectivity index (χ1) is 14.5. The van der Waals surface area contributed by atoms with Crippen LogP contribution in [-0.2, 0) is 17.9 Å². The first-order valence-electron chi connectivity index (χ1n) is 10.4. The number of benzene rings is 2. The number of ether oxygens (including phenoxy) is 1. The van der Waals surface area contributed by atoms with E-state index in [9.17, 15) is 4.79 Å². The van der Waals surface area contributed by atoms with Gasteiger partial charge in [0.25, 0.3) is 0 Å². The summed E-state index contributed by atoms with van der Waals surface area (Å²) in [6.45, 7) is 7.89. The summed E-state index contributed by atoms with van der Waals surface area (Å²) in [6, 6.07) is 14.8. The Kier molecular flexibility index (Phi) is 8.19. The van der Waals surface area contributed by atoms with Crippen LogP contribution in [0.4, 0.5) is 0 Å². The van der Waals surface area contributed by atoms with E-state index in [2.05, 4.69) is 59.4 Å². The molecule has 5 nitrogen and oxygen atoms in total. The number of rotatable bonds is 8. The van der Waals surface area contributed by atoms with Crippen molar-refractivity contribution in [3.05, 3.63) is 59.2 Å². The van der Waals surface area contributed by atoms with Crippen LogP contribution < -0.4 is 4.74 Å². The van der Waals surface area contributed by atoms with E-state index in [0.717, 1.165) is 38.5 Å². The lowest BCUT2D eigenvalue weighted by Gasteiger charge is -2.35. The standard InChI is InChI=1S/C24H33N3O2S/c1-19-5-10-23(29-3)21(15-19)17-26-11-13-27(14-12-26)18-24(28)25(2)16-20-6-8-22(30-4)9-7-20/h5-10,15H,11-14,16-18H2,1-4H3. The highest BCUT2D eigenvalue weighted by molar-refractivity contribution is 7.98. The SMILES string of the molecule is COc1ccc(C)cc1CN1CCN(CC(=O)N(C)Cc2ccc(SC)cc2)CC1. The largest absolute Gasteiger partial charge is 0.496 e. The molecule has 2 aromatic rings.